The van der Waals surface area contributed by atoms with E-state index in [1.54, 1.807) is 7.05 Å². The molecule has 0 N–H and O–H groups in total. The van der Waals surface area contributed by atoms with E-state index in [9.17, 15) is 9.59 Å². The molecule has 1 rings (SSSR count). The molecule has 0 amide bonds. The molecule has 0 bridgehead atoms. The van der Waals surface area contributed by atoms with Crippen molar-refractivity contribution in [2.75, 3.05) is 0 Å². The van der Waals surface area contributed by atoms with Crippen molar-refractivity contribution in [3.63, 3.8) is 0 Å². The Morgan fingerprint density at radius 1 is 1.53 bits per heavy atom. The van der Waals surface area contributed by atoms with Gasteiger partial charge in [-0.2, -0.15) is 0 Å². The van der Waals surface area contributed by atoms with Gasteiger partial charge in [-0.3, -0.25) is 14.3 Å². The molecule has 1 aromatic rings. The van der Waals surface area contributed by atoms with Crippen LogP contribution in [0.15, 0.2) is 6.20 Å². The van der Waals surface area contributed by atoms with Crippen LogP contribution in [0.3, 0.4) is 0 Å². The van der Waals surface area contributed by atoms with Crippen molar-refractivity contribution in [3.8, 4) is 0 Å². The van der Waals surface area contributed by atoms with Crippen LogP contribution in [0.25, 0.3) is 0 Å². The zero-order valence-corrected chi connectivity index (χ0v) is 9.23. The highest BCUT2D eigenvalue weighted by atomic mass is 16.1. The predicted octanol–water partition coefficient (Wildman–Crippen LogP) is 1.00. The fraction of sp³-hybridized carbons (Fsp3) is 0.600. The average Bonchev–Trinajstić information content (AvgIpc) is 2.63. The quantitative estimate of drug-likeness (QED) is 0.536. The fourth-order valence-corrected chi connectivity index (χ4v) is 1.13. The first kappa shape index (κ1) is 11.6. The first-order chi connectivity index (χ1) is 7.04. The summed E-state index contributed by atoms with van der Waals surface area (Å²) in [5.41, 5.74) is 0.258. The van der Waals surface area contributed by atoms with Gasteiger partial charge in [-0.1, -0.05) is 19.1 Å². The predicted molar refractivity (Wildman–Crippen MR) is 54.4 cm³/mol. The third kappa shape index (κ3) is 2.97. The second-order valence-electron chi connectivity index (χ2n) is 3.65. The molecule has 0 aliphatic rings. The molecule has 1 heterocycles. The van der Waals surface area contributed by atoms with Crippen LogP contribution in [-0.4, -0.2) is 26.6 Å². The van der Waals surface area contributed by atoms with Crippen molar-refractivity contribution in [2.45, 2.75) is 26.7 Å². The summed E-state index contributed by atoms with van der Waals surface area (Å²) in [4.78, 5) is 23.0. The van der Waals surface area contributed by atoms with Gasteiger partial charge in [0, 0.05) is 13.0 Å². The standard InChI is InChI=1S/C10H15N3O2/c1-4-7(2)9(14)5-10(15)8-6-13(3)12-11-8/h6-7H,4-5H2,1-3H3. The van der Waals surface area contributed by atoms with Crippen LogP contribution >= 0.6 is 0 Å². The number of aryl methyl sites for hydroxylation is 1. The van der Waals surface area contributed by atoms with Gasteiger partial charge in [-0.25, -0.2) is 0 Å². The van der Waals surface area contributed by atoms with Gasteiger partial charge in [0.2, 0.25) is 0 Å². The summed E-state index contributed by atoms with van der Waals surface area (Å²) >= 11 is 0. The number of carbonyl (C=O) groups excluding carboxylic acids is 2. The number of ketones is 2. The summed E-state index contributed by atoms with van der Waals surface area (Å²) in [6.07, 6.45) is 2.20. The van der Waals surface area contributed by atoms with Crippen LogP contribution in [0.4, 0.5) is 0 Å². The molecule has 0 saturated heterocycles. The zero-order valence-electron chi connectivity index (χ0n) is 9.23. The van der Waals surface area contributed by atoms with E-state index < -0.39 is 0 Å². The Bertz CT molecular complexity index is 370. The lowest BCUT2D eigenvalue weighted by Gasteiger charge is -2.04. The zero-order chi connectivity index (χ0) is 11.4. The molecule has 0 aliphatic carbocycles. The van der Waals surface area contributed by atoms with Crippen LogP contribution in [-0.2, 0) is 11.8 Å². The van der Waals surface area contributed by atoms with E-state index in [2.05, 4.69) is 10.3 Å². The molecule has 1 atom stereocenters. The highest BCUT2D eigenvalue weighted by molar-refractivity contribution is 6.07. The summed E-state index contributed by atoms with van der Waals surface area (Å²) in [7, 11) is 1.68. The second kappa shape index (κ2) is 4.82. The lowest BCUT2D eigenvalue weighted by Crippen LogP contribution is -2.15. The van der Waals surface area contributed by atoms with Crippen molar-refractivity contribution < 1.29 is 9.59 Å². The molecule has 0 spiro atoms. The van der Waals surface area contributed by atoms with Gasteiger partial charge >= 0.3 is 0 Å². The number of nitrogens with zero attached hydrogens (tertiary/aromatic N) is 3. The van der Waals surface area contributed by atoms with Crippen LogP contribution in [0.1, 0.15) is 37.2 Å². The Morgan fingerprint density at radius 2 is 2.20 bits per heavy atom. The first-order valence-corrected chi connectivity index (χ1v) is 4.96. The van der Waals surface area contributed by atoms with Crippen molar-refractivity contribution >= 4 is 11.6 Å². The van der Waals surface area contributed by atoms with Gasteiger partial charge in [0.05, 0.1) is 12.6 Å². The molecule has 0 radical (unpaired) electrons. The SMILES string of the molecule is CCC(C)C(=O)CC(=O)c1cn(C)nn1. The summed E-state index contributed by atoms with van der Waals surface area (Å²) in [5, 5.41) is 7.31. The Balaban J connectivity index is 2.60. The van der Waals surface area contributed by atoms with E-state index >= 15 is 0 Å². The molecule has 1 unspecified atom stereocenters. The second-order valence-corrected chi connectivity index (χ2v) is 3.65. The third-order valence-corrected chi connectivity index (χ3v) is 2.39. The maximum absolute atomic E-state index is 11.6. The van der Waals surface area contributed by atoms with E-state index in [1.807, 2.05) is 13.8 Å². The monoisotopic (exact) mass is 209 g/mol. The molecular formula is C10H15N3O2. The maximum atomic E-state index is 11.6. The van der Waals surface area contributed by atoms with Crippen molar-refractivity contribution in [3.05, 3.63) is 11.9 Å². The van der Waals surface area contributed by atoms with Crippen LogP contribution in [0.2, 0.25) is 0 Å². The molecule has 5 nitrogen and oxygen atoms in total. The molecular weight excluding hydrogens is 194 g/mol. The lowest BCUT2D eigenvalue weighted by atomic mass is 9.99. The number of rotatable bonds is 5. The van der Waals surface area contributed by atoms with Gasteiger partial charge in [0.15, 0.2) is 5.78 Å². The van der Waals surface area contributed by atoms with Crippen molar-refractivity contribution in [1.82, 2.24) is 15.0 Å². The third-order valence-electron chi connectivity index (χ3n) is 2.39. The minimum absolute atomic E-state index is 0.0341. The number of Topliss-reactive ketones (excluding diaryl/α,β-unsaturated/α-hetero) is 2. The molecule has 15 heavy (non-hydrogen) atoms. The highest BCUT2D eigenvalue weighted by Gasteiger charge is 2.18. The van der Waals surface area contributed by atoms with Crippen molar-refractivity contribution in [2.24, 2.45) is 13.0 Å². The normalized spacial score (nSPS) is 12.5. The molecule has 5 heteroatoms. The molecule has 0 aliphatic heterocycles. The van der Waals surface area contributed by atoms with E-state index in [-0.39, 0.29) is 29.6 Å². The highest BCUT2D eigenvalue weighted by Crippen LogP contribution is 2.08. The van der Waals surface area contributed by atoms with E-state index in [0.29, 0.717) is 0 Å². The van der Waals surface area contributed by atoms with Crippen LogP contribution in [0, 0.1) is 5.92 Å². The van der Waals surface area contributed by atoms with E-state index in [4.69, 9.17) is 0 Å². The van der Waals surface area contributed by atoms with E-state index in [1.165, 1.54) is 10.9 Å². The topological polar surface area (TPSA) is 64.8 Å². The van der Waals surface area contributed by atoms with Crippen LogP contribution in [0.5, 0.6) is 0 Å². The maximum Gasteiger partial charge on any atom is 0.192 e. The van der Waals surface area contributed by atoms with Gasteiger partial charge in [0.25, 0.3) is 0 Å². The summed E-state index contributed by atoms with van der Waals surface area (Å²) in [5.74, 6) is -0.354. The van der Waals surface area contributed by atoms with Gasteiger partial charge < -0.3 is 0 Å². The molecule has 1 aromatic heterocycles. The van der Waals surface area contributed by atoms with Crippen molar-refractivity contribution in [1.29, 1.82) is 0 Å². The smallest absolute Gasteiger partial charge is 0.192 e. The Hall–Kier alpha value is -1.52. The average molecular weight is 209 g/mol. The van der Waals surface area contributed by atoms with Gasteiger partial charge in [-0.05, 0) is 6.42 Å². The summed E-state index contributed by atoms with van der Waals surface area (Å²) < 4.78 is 1.45. The lowest BCUT2D eigenvalue weighted by molar-refractivity contribution is -0.121. The molecule has 0 saturated carbocycles. The largest absolute Gasteiger partial charge is 0.299 e. The number of hydrogen-bond donors (Lipinski definition) is 0. The van der Waals surface area contributed by atoms with Gasteiger partial charge in [-0.15, -0.1) is 5.10 Å². The van der Waals surface area contributed by atoms with Gasteiger partial charge in [0.1, 0.15) is 11.5 Å². The fourth-order valence-electron chi connectivity index (χ4n) is 1.13. The minimum atomic E-state index is -0.256. The summed E-state index contributed by atoms with van der Waals surface area (Å²) in [6.45, 7) is 3.75. The Kier molecular flexibility index (Phi) is 3.71. The molecule has 0 fully saturated rings. The van der Waals surface area contributed by atoms with E-state index in [0.717, 1.165) is 6.42 Å². The molecule has 0 aromatic carbocycles. The Labute approximate surface area is 88.5 Å². The van der Waals surface area contributed by atoms with Crippen LogP contribution < -0.4 is 0 Å². The Morgan fingerprint density at radius 3 is 2.67 bits per heavy atom. The first-order valence-electron chi connectivity index (χ1n) is 4.96. The molecule has 82 valence electrons. The summed E-state index contributed by atoms with van der Waals surface area (Å²) in [6, 6.07) is 0. The minimum Gasteiger partial charge on any atom is -0.299 e. The number of carbonyl (C=O) groups is 2. The number of aromatic nitrogens is 3. The number of hydrogen-bond acceptors (Lipinski definition) is 4.